The molecule has 0 bridgehead atoms. The number of anilines is 1. The van der Waals surface area contributed by atoms with E-state index in [2.05, 4.69) is 0 Å². The minimum absolute atomic E-state index is 0.0144. The Kier molecular flexibility index (Phi) is 5.21. The predicted octanol–water partition coefficient (Wildman–Crippen LogP) is 3.43. The fraction of sp³-hybridized carbons (Fsp3) is 0.300. The number of hydrogen-bond acceptors (Lipinski definition) is 5. The van der Waals surface area contributed by atoms with E-state index in [0.717, 1.165) is 24.1 Å². The fourth-order valence-electron chi connectivity index (χ4n) is 3.41. The van der Waals surface area contributed by atoms with E-state index in [0.29, 0.717) is 5.56 Å². The minimum atomic E-state index is -0.878. The molecule has 0 aromatic heterocycles. The van der Waals surface area contributed by atoms with Crippen LogP contribution >= 0.6 is 0 Å². The van der Waals surface area contributed by atoms with Gasteiger partial charge >= 0.3 is 5.97 Å². The smallest absolute Gasteiger partial charge is 0.345 e. The van der Waals surface area contributed by atoms with Crippen LogP contribution in [0.1, 0.15) is 34.8 Å². The Morgan fingerprint density at radius 2 is 1.96 bits per heavy atom. The summed E-state index contributed by atoms with van der Waals surface area (Å²) in [5.74, 6) is -1.23. The van der Waals surface area contributed by atoms with Gasteiger partial charge in [-0.15, -0.1) is 0 Å². The summed E-state index contributed by atoms with van der Waals surface area (Å²) in [5.41, 5.74) is 1.80. The monoisotopic (exact) mass is 368 g/mol. The Morgan fingerprint density at radius 3 is 2.70 bits per heavy atom. The van der Waals surface area contributed by atoms with Crippen LogP contribution in [0.25, 0.3) is 0 Å². The third-order valence-corrected chi connectivity index (χ3v) is 4.76. The molecule has 7 heteroatoms. The van der Waals surface area contributed by atoms with Gasteiger partial charge in [0.1, 0.15) is 5.56 Å². The van der Waals surface area contributed by atoms with Gasteiger partial charge in [0.2, 0.25) is 0 Å². The molecule has 1 aliphatic rings. The third kappa shape index (κ3) is 3.67. The molecule has 0 N–H and O–H groups in total. The SMILES string of the molecule is Cc1cccc(C(=O)OCC(=O)N2c3ccccc3CCC2C)c1[N+](=O)[O-]. The number of carbonyl (C=O) groups is 2. The Balaban J connectivity index is 1.76. The van der Waals surface area contributed by atoms with Gasteiger partial charge in [0.25, 0.3) is 11.6 Å². The van der Waals surface area contributed by atoms with Crippen molar-refractivity contribution >= 4 is 23.3 Å². The Morgan fingerprint density at radius 1 is 1.22 bits per heavy atom. The highest BCUT2D eigenvalue weighted by molar-refractivity contribution is 5.99. The summed E-state index contributed by atoms with van der Waals surface area (Å²) in [6.07, 6.45) is 1.70. The predicted molar refractivity (Wildman–Crippen MR) is 99.8 cm³/mol. The number of nitrogens with zero attached hydrogens (tertiary/aromatic N) is 2. The standard InChI is InChI=1S/C20H20N2O5/c1-13-6-5-8-16(19(13)22(25)26)20(24)27-12-18(23)21-14(2)10-11-15-7-3-4-9-17(15)21/h3-9,14H,10-12H2,1-2H3. The van der Waals surface area contributed by atoms with E-state index in [9.17, 15) is 19.7 Å². The number of nitro benzene ring substituents is 1. The van der Waals surface area contributed by atoms with Crippen LogP contribution in [-0.4, -0.2) is 29.4 Å². The molecule has 1 aliphatic heterocycles. The average molecular weight is 368 g/mol. The zero-order valence-corrected chi connectivity index (χ0v) is 15.2. The maximum atomic E-state index is 12.7. The summed E-state index contributed by atoms with van der Waals surface area (Å²) in [7, 11) is 0. The number of amides is 1. The number of hydrogen-bond donors (Lipinski definition) is 0. The summed E-state index contributed by atoms with van der Waals surface area (Å²) in [5, 5.41) is 11.2. The number of rotatable bonds is 4. The second-order valence-electron chi connectivity index (χ2n) is 6.58. The number of benzene rings is 2. The molecule has 0 saturated carbocycles. The minimum Gasteiger partial charge on any atom is -0.452 e. The first-order chi connectivity index (χ1) is 12.9. The maximum Gasteiger partial charge on any atom is 0.345 e. The highest BCUT2D eigenvalue weighted by Crippen LogP contribution is 2.30. The number of nitro groups is 1. The molecule has 0 fully saturated rings. The van der Waals surface area contributed by atoms with E-state index in [1.54, 1.807) is 24.0 Å². The lowest BCUT2D eigenvalue weighted by molar-refractivity contribution is -0.385. The molecule has 2 aromatic carbocycles. The molecule has 27 heavy (non-hydrogen) atoms. The molecule has 1 atom stereocenters. The van der Waals surface area contributed by atoms with Crippen molar-refractivity contribution in [3.05, 3.63) is 69.3 Å². The quantitative estimate of drug-likeness (QED) is 0.468. The van der Waals surface area contributed by atoms with Crippen molar-refractivity contribution in [1.82, 2.24) is 0 Å². The van der Waals surface area contributed by atoms with Gasteiger partial charge in [-0.25, -0.2) is 4.79 Å². The van der Waals surface area contributed by atoms with Gasteiger partial charge in [-0.3, -0.25) is 14.9 Å². The molecule has 0 aliphatic carbocycles. The number of carbonyl (C=O) groups excluding carboxylic acids is 2. The van der Waals surface area contributed by atoms with Crippen LogP contribution in [0.2, 0.25) is 0 Å². The molecule has 7 nitrogen and oxygen atoms in total. The van der Waals surface area contributed by atoms with Crippen LogP contribution in [0, 0.1) is 17.0 Å². The second-order valence-corrected chi connectivity index (χ2v) is 6.58. The van der Waals surface area contributed by atoms with Crippen molar-refractivity contribution in [3.8, 4) is 0 Å². The molecular weight excluding hydrogens is 348 g/mol. The van der Waals surface area contributed by atoms with Crippen molar-refractivity contribution in [2.45, 2.75) is 32.7 Å². The molecule has 2 aromatic rings. The van der Waals surface area contributed by atoms with Crippen LogP contribution < -0.4 is 4.90 Å². The summed E-state index contributed by atoms with van der Waals surface area (Å²) in [4.78, 5) is 37.3. The van der Waals surface area contributed by atoms with E-state index < -0.39 is 17.5 Å². The van der Waals surface area contributed by atoms with E-state index >= 15 is 0 Å². The van der Waals surface area contributed by atoms with E-state index in [1.165, 1.54) is 6.07 Å². The lowest BCUT2D eigenvalue weighted by atomic mass is 9.96. The average Bonchev–Trinajstić information content (AvgIpc) is 2.65. The number of para-hydroxylation sites is 2. The Bertz CT molecular complexity index is 909. The highest BCUT2D eigenvalue weighted by atomic mass is 16.6. The van der Waals surface area contributed by atoms with Crippen LogP contribution in [0.5, 0.6) is 0 Å². The molecule has 1 heterocycles. The van der Waals surface area contributed by atoms with Crippen LogP contribution in [0.3, 0.4) is 0 Å². The van der Waals surface area contributed by atoms with Gasteiger partial charge < -0.3 is 9.64 Å². The highest BCUT2D eigenvalue weighted by Gasteiger charge is 2.30. The summed E-state index contributed by atoms with van der Waals surface area (Å²) < 4.78 is 5.12. The van der Waals surface area contributed by atoms with E-state index in [1.807, 2.05) is 31.2 Å². The first-order valence-corrected chi connectivity index (χ1v) is 8.71. The Labute approximate surface area is 156 Å². The Hall–Kier alpha value is -3.22. The largest absolute Gasteiger partial charge is 0.452 e. The van der Waals surface area contributed by atoms with Crippen LogP contribution in [0.4, 0.5) is 11.4 Å². The van der Waals surface area contributed by atoms with E-state index in [-0.39, 0.29) is 23.2 Å². The number of aryl methyl sites for hydroxylation is 2. The van der Waals surface area contributed by atoms with E-state index in [4.69, 9.17) is 4.74 Å². The lowest BCUT2D eigenvalue weighted by Gasteiger charge is -2.35. The first kappa shape index (κ1) is 18.6. The van der Waals surface area contributed by atoms with Crippen LogP contribution in [0.15, 0.2) is 42.5 Å². The molecule has 1 unspecified atom stereocenters. The molecule has 1 amide bonds. The lowest BCUT2D eigenvalue weighted by Crippen LogP contribution is -2.44. The summed E-state index contributed by atoms with van der Waals surface area (Å²) in [6.45, 7) is 3.02. The number of esters is 1. The van der Waals surface area contributed by atoms with Gasteiger partial charge in [0, 0.05) is 17.3 Å². The zero-order chi connectivity index (χ0) is 19.6. The molecule has 0 saturated heterocycles. The normalized spacial score (nSPS) is 15.8. The van der Waals surface area contributed by atoms with Crippen molar-refractivity contribution < 1.29 is 19.2 Å². The van der Waals surface area contributed by atoms with Gasteiger partial charge in [-0.1, -0.05) is 30.3 Å². The van der Waals surface area contributed by atoms with Gasteiger partial charge in [-0.2, -0.15) is 0 Å². The van der Waals surface area contributed by atoms with Crippen molar-refractivity contribution in [2.24, 2.45) is 0 Å². The molecule has 0 spiro atoms. The summed E-state index contributed by atoms with van der Waals surface area (Å²) in [6, 6.07) is 12.0. The fourth-order valence-corrected chi connectivity index (χ4v) is 3.41. The number of fused-ring (bicyclic) bond motifs is 1. The first-order valence-electron chi connectivity index (χ1n) is 8.71. The molecule has 3 rings (SSSR count). The molecule has 0 radical (unpaired) electrons. The van der Waals surface area contributed by atoms with Crippen molar-refractivity contribution in [1.29, 1.82) is 0 Å². The summed E-state index contributed by atoms with van der Waals surface area (Å²) >= 11 is 0. The second kappa shape index (κ2) is 7.57. The van der Waals surface area contributed by atoms with Crippen molar-refractivity contribution in [2.75, 3.05) is 11.5 Å². The maximum absolute atomic E-state index is 12.7. The van der Waals surface area contributed by atoms with Crippen molar-refractivity contribution in [3.63, 3.8) is 0 Å². The van der Waals surface area contributed by atoms with Crippen LogP contribution in [-0.2, 0) is 16.0 Å². The third-order valence-electron chi connectivity index (χ3n) is 4.76. The van der Waals surface area contributed by atoms with Gasteiger partial charge in [-0.05, 0) is 44.4 Å². The van der Waals surface area contributed by atoms with Gasteiger partial charge in [0.15, 0.2) is 6.61 Å². The number of ether oxygens (including phenoxy) is 1. The molecule has 140 valence electrons. The zero-order valence-electron chi connectivity index (χ0n) is 15.2. The molecular formula is C20H20N2O5. The topological polar surface area (TPSA) is 89.8 Å². The van der Waals surface area contributed by atoms with Gasteiger partial charge in [0.05, 0.1) is 4.92 Å².